The maximum atomic E-state index is 11.8. The molecule has 7 heteroatoms. The predicted octanol–water partition coefficient (Wildman–Crippen LogP) is 2.69. The highest BCUT2D eigenvalue weighted by Gasteiger charge is 2.13. The molecule has 2 aromatic carbocycles. The van der Waals surface area contributed by atoms with Crippen LogP contribution in [0.25, 0.3) is 6.08 Å². The molecule has 1 heterocycles. The van der Waals surface area contributed by atoms with Crippen LogP contribution >= 0.6 is 0 Å². The van der Waals surface area contributed by atoms with Crippen molar-refractivity contribution in [3.8, 4) is 17.2 Å². The molecule has 0 aliphatic carbocycles. The van der Waals surface area contributed by atoms with Gasteiger partial charge in [0.25, 0.3) is 5.91 Å². The van der Waals surface area contributed by atoms with Gasteiger partial charge < -0.3 is 24.3 Å². The van der Waals surface area contributed by atoms with Crippen LogP contribution in [0.1, 0.15) is 18.1 Å². The zero-order valence-corrected chi connectivity index (χ0v) is 15.5. The van der Waals surface area contributed by atoms with Gasteiger partial charge in [0.05, 0.1) is 6.61 Å². The molecule has 0 atom stereocenters. The minimum Gasteiger partial charge on any atom is -0.494 e. The lowest BCUT2D eigenvalue weighted by Crippen LogP contribution is -2.28. The van der Waals surface area contributed by atoms with Crippen LogP contribution in [0.3, 0.4) is 0 Å². The predicted molar refractivity (Wildman–Crippen MR) is 102 cm³/mol. The normalized spacial score (nSPS) is 12.0. The molecule has 0 fully saturated rings. The van der Waals surface area contributed by atoms with Crippen molar-refractivity contribution >= 4 is 18.0 Å². The van der Waals surface area contributed by atoms with Gasteiger partial charge in [-0.1, -0.05) is 18.2 Å². The van der Waals surface area contributed by atoms with Crippen molar-refractivity contribution in [3.63, 3.8) is 0 Å². The molecule has 1 aliphatic rings. The first-order valence-electron chi connectivity index (χ1n) is 8.87. The van der Waals surface area contributed by atoms with Crippen LogP contribution in [0, 0.1) is 0 Å². The van der Waals surface area contributed by atoms with Gasteiger partial charge in [-0.15, -0.1) is 0 Å². The summed E-state index contributed by atoms with van der Waals surface area (Å²) >= 11 is 0. The van der Waals surface area contributed by atoms with Crippen molar-refractivity contribution in [1.82, 2.24) is 5.32 Å². The number of hydrogen-bond acceptors (Lipinski definition) is 6. The molecule has 0 saturated carbocycles. The third-order valence-electron chi connectivity index (χ3n) is 3.88. The molecule has 1 N–H and O–H groups in total. The Bertz CT molecular complexity index is 860. The third-order valence-corrected chi connectivity index (χ3v) is 3.88. The van der Waals surface area contributed by atoms with Crippen molar-refractivity contribution in [2.45, 2.75) is 13.5 Å². The van der Waals surface area contributed by atoms with E-state index in [4.69, 9.17) is 18.9 Å². The number of rotatable bonds is 8. The van der Waals surface area contributed by atoms with Gasteiger partial charge in [0, 0.05) is 12.6 Å². The molecule has 28 heavy (non-hydrogen) atoms. The van der Waals surface area contributed by atoms with Crippen LogP contribution in [-0.4, -0.2) is 31.9 Å². The molecule has 0 radical (unpaired) electrons. The maximum Gasteiger partial charge on any atom is 0.331 e. The fourth-order valence-corrected chi connectivity index (χ4v) is 2.49. The van der Waals surface area contributed by atoms with E-state index in [9.17, 15) is 9.59 Å². The highest BCUT2D eigenvalue weighted by atomic mass is 16.7. The van der Waals surface area contributed by atoms with E-state index in [0.717, 1.165) is 16.9 Å². The lowest BCUT2D eigenvalue weighted by atomic mass is 10.2. The van der Waals surface area contributed by atoms with Crippen molar-refractivity contribution in [1.29, 1.82) is 0 Å². The van der Waals surface area contributed by atoms with Crippen molar-refractivity contribution < 1.29 is 28.5 Å². The quantitative estimate of drug-likeness (QED) is 0.557. The summed E-state index contributed by atoms with van der Waals surface area (Å²) in [6.45, 7) is 2.66. The summed E-state index contributed by atoms with van der Waals surface area (Å²) in [7, 11) is 0. The number of nitrogens with one attached hydrogen (secondary N) is 1. The van der Waals surface area contributed by atoms with Crippen LogP contribution in [0.4, 0.5) is 0 Å². The Balaban J connectivity index is 1.39. The fourth-order valence-electron chi connectivity index (χ4n) is 2.49. The summed E-state index contributed by atoms with van der Waals surface area (Å²) in [5.41, 5.74) is 1.69. The summed E-state index contributed by atoms with van der Waals surface area (Å²) in [6.07, 6.45) is 2.89. The van der Waals surface area contributed by atoms with Crippen molar-refractivity contribution in [2.24, 2.45) is 0 Å². The van der Waals surface area contributed by atoms with Crippen LogP contribution in [-0.2, 0) is 20.9 Å². The molecule has 1 aliphatic heterocycles. The zero-order valence-electron chi connectivity index (χ0n) is 15.5. The molecule has 2 aromatic rings. The first-order chi connectivity index (χ1) is 13.6. The second-order valence-electron chi connectivity index (χ2n) is 5.91. The molecule has 0 saturated heterocycles. The van der Waals surface area contributed by atoms with Crippen molar-refractivity contribution in [2.75, 3.05) is 20.0 Å². The standard InChI is InChI=1S/C21H21NO6/c1-2-25-17-7-3-15(4-8-17)6-10-21(24)26-13-20(23)22-12-16-5-9-18-19(11-16)28-14-27-18/h3-11H,2,12-14H2,1H3,(H,22,23)/b10-6+. The number of esters is 1. The Morgan fingerprint density at radius 3 is 2.68 bits per heavy atom. The monoisotopic (exact) mass is 383 g/mol. The number of amides is 1. The Labute approximate surface area is 162 Å². The van der Waals surface area contributed by atoms with E-state index >= 15 is 0 Å². The molecular formula is C21H21NO6. The van der Waals surface area contributed by atoms with Gasteiger partial charge in [-0.05, 0) is 48.4 Å². The smallest absolute Gasteiger partial charge is 0.331 e. The molecular weight excluding hydrogens is 362 g/mol. The summed E-state index contributed by atoms with van der Waals surface area (Å²) < 4.78 is 20.8. The van der Waals surface area contributed by atoms with Crippen LogP contribution in [0.15, 0.2) is 48.5 Å². The van der Waals surface area contributed by atoms with E-state index in [1.807, 2.05) is 37.3 Å². The van der Waals surface area contributed by atoms with Gasteiger partial charge in [0.1, 0.15) is 5.75 Å². The Hall–Kier alpha value is -3.48. The maximum absolute atomic E-state index is 11.8. The molecule has 1 amide bonds. The highest BCUT2D eigenvalue weighted by Crippen LogP contribution is 2.32. The van der Waals surface area contributed by atoms with E-state index in [2.05, 4.69) is 5.32 Å². The number of benzene rings is 2. The highest BCUT2D eigenvalue weighted by molar-refractivity contribution is 5.89. The molecule has 0 unspecified atom stereocenters. The number of ether oxygens (including phenoxy) is 4. The average Bonchev–Trinajstić information content (AvgIpc) is 3.18. The first kappa shape index (κ1) is 19.3. The Morgan fingerprint density at radius 2 is 1.89 bits per heavy atom. The second-order valence-corrected chi connectivity index (χ2v) is 5.91. The van der Waals surface area contributed by atoms with Crippen LogP contribution in [0.5, 0.6) is 17.2 Å². The Morgan fingerprint density at radius 1 is 1.11 bits per heavy atom. The first-order valence-corrected chi connectivity index (χ1v) is 8.87. The van der Waals surface area contributed by atoms with E-state index in [1.54, 1.807) is 18.2 Å². The summed E-state index contributed by atoms with van der Waals surface area (Å²) in [4.78, 5) is 23.6. The Kier molecular flexibility index (Phi) is 6.51. The van der Waals surface area contributed by atoms with Gasteiger partial charge in [0.2, 0.25) is 6.79 Å². The SMILES string of the molecule is CCOc1ccc(/C=C/C(=O)OCC(=O)NCc2ccc3c(c2)OCO3)cc1. The van der Waals surface area contributed by atoms with Crippen LogP contribution < -0.4 is 19.5 Å². The van der Waals surface area contributed by atoms with E-state index < -0.39 is 5.97 Å². The lowest BCUT2D eigenvalue weighted by Gasteiger charge is -2.06. The fraction of sp³-hybridized carbons (Fsp3) is 0.238. The minimum atomic E-state index is -0.591. The number of carbonyl (C=O) groups is 2. The summed E-state index contributed by atoms with van der Waals surface area (Å²) in [6, 6.07) is 12.7. The summed E-state index contributed by atoms with van der Waals surface area (Å²) in [5.74, 6) is 1.12. The van der Waals surface area contributed by atoms with E-state index in [1.165, 1.54) is 6.08 Å². The van der Waals surface area contributed by atoms with Gasteiger partial charge in [-0.25, -0.2) is 4.79 Å². The number of carbonyl (C=O) groups excluding carboxylic acids is 2. The third kappa shape index (κ3) is 5.51. The average molecular weight is 383 g/mol. The molecule has 0 spiro atoms. The molecule has 146 valence electrons. The molecule has 7 nitrogen and oxygen atoms in total. The van der Waals surface area contributed by atoms with Gasteiger partial charge in [-0.2, -0.15) is 0 Å². The van der Waals surface area contributed by atoms with Gasteiger partial charge >= 0.3 is 5.97 Å². The molecule has 0 bridgehead atoms. The summed E-state index contributed by atoms with van der Waals surface area (Å²) in [5, 5.41) is 2.69. The largest absolute Gasteiger partial charge is 0.494 e. The van der Waals surface area contributed by atoms with E-state index in [-0.39, 0.29) is 19.3 Å². The number of hydrogen-bond donors (Lipinski definition) is 1. The van der Waals surface area contributed by atoms with Crippen LogP contribution in [0.2, 0.25) is 0 Å². The van der Waals surface area contributed by atoms with Gasteiger partial charge in [-0.3, -0.25) is 4.79 Å². The molecule has 3 rings (SSSR count). The number of fused-ring (bicyclic) bond motifs is 1. The zero-order chi connectivity index (χ0) is 19.8. The van der Waals surface area contributed by atoms with E-state index in [0.29, 0.717) is 24.7 Å². The second kappa shape index (κ2) is 9.45. The minimum absolute atomic E-state index is 0.200. The topological polar surface area (TPSA) is 83.1 Å². The van der Waals surface area contributed by atoms with Gasteiger partial charge in [0.15, 0.2) is 18.1 Å². The lowest BCUT2D eigenvalue weighted by molar-refractivity contribution is -0.143. The van der Waals surface area contributed by atoms with Crippen molar-refractivity contribution in [3.05, 3.63) is 59.7 Å². The molecule has 0 aromatic heterocycles.